The standard InChI is InChI=1S/C9H14N3O6P/c10-8-1-3-12(9(14)11-8)18-6-7(5-13)2-4-19(15,16)17/h1-4,7,13H,5-6H2,(H2,10,11,14)(H2,15,16,17)/b4-2+/t7-/m1/s1. The normalized spacial score (nSPS) is 13.6. The lowest BCUT2D eigenvalue weighted by Gasteiger charge is -2.12. The van der Waals surface area contributed by atoms with E-state index >= 15 is 0 Å². The molecule has 9 nitrogen and oxygen atoms in total. The summed E-state index contributed by atoms with van der Waals surface area (Å²) in [6, 6.07) is 1.35. The van der Waals surface area contributed by atoms with Gasteiger partial charge in [-0.15, -0.1) is 4.73 Å². The van der Waals surface area contributed by atoms with Crippen LogP contribution in [0, 0.1) is 5.92 Å². The van der Waals surface area contributed by atoms with Crippen molar-refractivity contribution in [3.05, 3.63) is 34.6 Å². The smallest absolute Gasteiger partial charge is 0.382 e. The highest BCUT2D eigenvalue weighted by Gasteiger charge is 2.11. The molecule has 0 saturated carbocycles. The highest BCUT2D eigenvalue weighted by atomic mass is 31.2. The Morgan fingerprint density at radius 3 is 2.79 bits per heavy atom. The molecule has 19 heavy (non-hydrogen) atoms. The molecule has 0 amide bonds. The Balaban J connectivity index is 2.66. The van der Waals surface area contributed by atoms with E-state index in [4.69, 9.17) is 25.5 Å². The second-order valence-electron chi connectivity index (χ2n) is 3.63. The van der Waals surface area contributed by atoms with Crippen molar-refractivity contribution in [3.63, 3.8) is 0 Å². The maximum atomic E-state index is 11.3. The minimum absolute atomic E-state index is 0.0463. The minimum atomic E-state index is -4.29. The molecule has 5 N–H and O–H groups in total. The summed E-state index contributed by atoms with van der Waals surface area (Å²) < 4.78 is 11.4. The monoisotopic (exact) mass is 291 g/mol. The molecule has 0 spiro atoms. The van der Waals surface area contributed by atoms with E-state index in [1.165, 1.54) is 12.3 Å². The number of hydrogen-bond donors (Lipinski definition) is 4. The lowest BCUT2D eigenvalue weighted by molar-refractivity contribution is 0.0646. The van der Waals surface area contributed by atoms with Crippen LogP contribution in [0.5, 0.6) is 0 Å². The summed E-state index contributed by atoms with van der Waals surface area (Å²) in [5.74, 6) is 0.0448. The predicted octanol–water partition coefficient (Wildman–Crippen LogP) is -1.45. The summed E-state index contributed by atoms with van der Waals surface area (Å²) in [7, 11) is -4.29. The number of anilines is 1. The molecule has 0 saturated heterocycles. The maximum Gasteiger partial charge on any atom is 0.382 e. The highest BCUT2D eigenvalue weighted by Crippen LogP contribution is 2.36. The van der Waals surface area contributed by atoms with E-state index in [0.29, 0.717) is 5.82 Å². The quantitative estimate of drug-likeness (QED) is 0.465. The molecule has 1 aromatic rings. The summed E-state index contributed by atoms with van der Waals surface area (Å²) in [6.45, 7) is -0.549. The zero-order chi connectivity index (χ0) is 14.5. The van der Waals surface area contributed by atoms with Gasteiger partial charge in [0.25, 0.3) is 0 Å². The van der Waals surface area contributed by atoms with Gasteiger partial charge in [-0.2, -0.15) is 4.98 Å². The molecule has 0 aliphatic heterocycles. The van der Waals surface area contributed by atoms with Gasteiger partial charge in [0, 0.05) is 17.8 Å². The van der Waals surface area contributed by atoms with Gasteiger partial charge in [-0.05, 0) is 0 Å². The molecule has 0 bridgehead atoms. The molecule has 0 radical (unpaired) electrons. The SMILES string of the molecule is Nc1ccn(OC[C@H](/C=C/P(=O)(O)O)CO)c(=O)n1. The van der Waals surface area contributed by atoms with Crippen molar-refractivity contribution in [2.45, 2.75) is 0 Å². The van der Waals surface area contributed by atoms with Crippen molar-refractivity contribution < 1.29 is 24.3 Å². The van der Waals surface area contributed by atoms with Gasteiger partial charge >= 0.3 is 13.3 Å². The Hall–Kier alpha value is -1.67. The average Bonchev–Trinajstić information content (AvgIpc) is 2.30. The number of nitrogen functional groups attached to an aromatic ring is 1. The van der Waals surface area contributed by atoms with Crippen LogP contribution in [-0.4, -0.2) is 37.8 Å². The average molecular weight is 291 g/mol. The van der Waals surface area contributed by atoms with Crippen molar-refractivity contribution in [3.8, 4) is 0 Å². The molecule has 0 aromatic carbocycles. The van der Waals surface area contributed by atoms with Crippen LogP contribution in [0.1, 0.15) is 0 Å². The van der Waals surface area contributed by atoms with Crippen LogP contribution in [0.3, 0.4) is 0 Å². The molecule has 10 heteroatoms. The Bertz CT molecular complexity index is 551. The van der Waals surface area contributed by atoms with E-state index < -0.39 is 25.8 Å². The van der Waals surface area contributed by atoms with Gasteiger partial charge in [-0.25, -0.2) is 4.79 Å². The van der Waals surface area contributed by atoms with E-state index in [-0.39, 0.29) is 12.4 Å². The van der Waals surface area contributed by atoms with E-state index in [2.05, 4.69) is 4.98 Å². The first-order chi connectivity index (χ1) is 8.81. The van der Waals surface area contributed by atoms with Crippen LogP contribution in [-0.2, 0) is 4.57 Å². The van der Waals surface area contributed by atoms with Gasteiger partial charge in [0.05, 0.1) is 12.8 Å². The zero-order valence-corrected chi connectivity index (χ0v) is 10.7. The van der Waals surface area contributed by atoms with Crippen LogP contribution >= 0.6 is 7.60 Å². The molecule has 1 rings (SSSR count). The number of aliphatic hydroxyl groups is 1. The lowest BCUT2D eigenvalue weighted by atomic mass is 10.2. The van der Waals surface area contributed by atoms with E-state index in [1.54, 1.807) is 0 Å². The third-order valence-corrected chi connectivity index (χ3v) is 2.57. The molecule has 0 aliphatic rings. The summed E-state index contributed by atoms with van der Waals surface area (Å²) in [4.78, 5) is 37.0. The molecule has 0 fully saturated rings. The summed E-state index contributed by atoms with van der Waals surface area (Å²) in [5.41, 5.74) is 4.56. The fourth-order valence-corrected chi connectivity index (χ4v) is 1.55. The largest absolute Gasteiger partial charge is 0.409 e. The second kappa shape index (κ2) is 6.48. The molecule has 1 aromatic heterocycles. The van der Waals surface area contributed by atoms with Crippen molar-refractivity contribution in [1.82, 2.24) is 9.71 Å². The van der Waals surface area contributed by atoms with Crippen molar-refractivity contribution in [1.29, 1.82) is 0 Å². The first-order valence-electron chi connectivity index (χ1n) is 5.16. The van der Waals surface area contributed by atoms with Crippen molar-refractivity contribution in [2.75, 3.05) is 18.9 Å². The van der Waals surface area contributed by atoms with Gasteiger partial charge in [-0.3, -0.25) is 4.57 Å². The topological polar surface area (TPSA) is 148 Å². The predicted molar refractivity (Wildman–Crippen MR) is 66.1 cm³/mol. The molecule has 106 valence electrons. The van der Waals surface area contributed by atoms with Crippen LogP contribution in [0.25, 0.3) is 0 Å². The maximum absolute atomic E-state index is 11.3. The highest BCUT2D eigenvalue weighted by molar-refractivity contribution is 7.55. The second-order valence-corrected chi connectivity index (χ2v) is 5.11. The molecule has 0 aliphatic carbocycles. The molecular weight excluding hydrogens is 277 g/mol. The fraction of sp³-hybridized carbons (Fsp3) is 0.333. The summed E-state index contributed by atoms with van der Waals surface area (Å²) in [6.07, 6.45) is 2.38. The number of nitrogens with zero attached hydrogens (tertiary/aromatic N) is 2. The van der Waals surface area contributed by atoms with Crippen molar-refractivity contribution in [2.24, 2.45) is 5.92 Å². The Morgan fingerprint density at radius 2 is 2.26 bits per heavy atom. The molecule has 0 unspecified atom stereocenters. The molecule has 1 atom stereocenters. The van der Waals surface area contributed by atoms with E-state index in [0.717, 1.165) is 10.8 Å². The van der Waals surface area contributed by atoms with Crippen LogP contribution in [0.15, 0.2) is 29.0 Å². The van der Waals surface area contributed by atoms with Crippen LogP contribution < -0.4 is 16.3 Å². The number of rotatable bonds is 6. The van der Waals surface area contributed by atoms with Gasteiger partial charge in [0.1, 0.15) is 12.4 Å². The summed E-state index contributed by atoms with van der Waals surface area (Å²) >= 11 is 0. The minimum Gasteiger partial charge on any atom is -0.409 e. The molecule has 1 heterocycles. The fourth-order valence-electron chi connectivity index (χ4n) is 1.08. The van der Waals surface area contributed by atoms with Gasteiger partial charge < -0.3 is 25.5 Å². The van der Waals surface area contributed by atoms with Crippen molar-refractivity contribution >= 4 is 13.4 Å². The van der Waals surface area contributed by atoms with E-state index in [1.807, 2.05) is 0 Å². The first kappa shape index (κ1) is 15.4. The number of hydrogen-bond acceptors (Lipinski definition) is 6. The third-order valence-electron chi connectivity index (χ3n) is 2.01. The number of aromatic nitrogens is 2. The molecular formula is C9H14N3O6P. The number of nitrogens with two attached hydrogens (primary N) is 1. The van der Waals surface area contributed by atoms with Gasteiger partial charge in [0.2, 0.25) is 0 Å². The zero-order valence-electron chi connectivity index (χ0n) is 9.79. The van der Waals surface area contributed by atoms with Gasteiger partial charge in [-0.1, -0.05) is 6.08 Å². The first-order valence-corrected chi connectivity index (χ1v) is 6.84. The third kappa shape index (κ3) is 5.66. The van der Waals surface area contributed by atoms with Crippen LogP contribution in [0.2, 0.25) is 0 Å². The number of aliphatic hydroxyl groups excluding tert-OH is 1. The Kier molecular flexibility index (Phi) is 5.25. The lowest BCUT2D eigenvalue weighted by Crippen LogP contribution is -2.32. The van der Waals surface area contributed by atoms with E-state index in [9.17, 15) is 9.36 Å². The van der Waals surface area contributed by atoms with Gasteiger partial charge in [0.15, 0.2) is 0 Å². The Labute approximate surface area is 108 Å². The summed E-state index contributed by atoms with van der Waals surface area (Å²) in [5, 5.41) is 9.01. The van der Waals surface area contributed by atoms with Crippen LogP contribution in [0.4, 0.5) is 5.82 Å². The Morgan fingerprint density at radius 1 is 1.58 bits per heavy atom.